The number of alkyl halides is 1. The lowest BCUT2D eigenvalue weighted by Gasteiger charge is -2.35. The lowest BCUT2D eigenvalue weighted by atomic mass is 10.1. The Bertz CT molecular complexity index is 463. The first-order valence-electron chi connectivity index (χ1n) is 7.20. The fourth-order valence-corrected chi connectivity index (χ4v) is 3.23. The Morgan fingerprint density at radius 3 is 2.70 bits per heavy atom. The van der Waals surface area contributed by atoms with Crippen LogP contribution in [0, 0.1) is 5.82 Å². The Morgan fingerprint density at radius 1 is 1.20 bits per heavy atom. The van der Waals surface area contributed by atoms with E-state index in [1.807, 2.05) is 0 Å². The molecule has 1 saturated heterocycles. The van der Waals surface area contributed by atoms with Crippen LogP contribution in [0.1, 0.15) is 5.56 Å². The van der Waals surface area contributed by atoms with Gasteiger partial charge in [-0.2, -0.15) is 0 Å². The molecular formula is C15H20ClFN2O. The third kappa shape index (κ3) is 3.25. The molecule has 1 unspecified atom stereocenters. The molecule has 0 aromatic heterocycles. The Balaban J connectivity index is 1.49. The van der Waals surface area contributed by atoms with Crippen LogP contribution in [-0.4, -0.2) is 61.1 Å². The number of hydrogen-bond acceptors (Lipinski definition) is 3. The number of halogens is 2. The molecule has 1 atom stereocenters. The number of rotatable bonds is 4. The van der Waals surface area contributed by atoms with Crippen LogP contribution in [0.15, 0.2) is 18.2 Å². The monoisotopic (exact) mass is 298 g/mol. The van der Waals surface area contributed by atoms with E-state index in [-0.39, 0.29) is 11.9 Å². The molecule has 20 heavy (non-hydrogen) atoms. The number of ether oxygens (including phenoxy) is 1. The van der Waals surface area contributed by atoms with Gasteiger partial charge in [0.25, 0.3) is 0 Å². The third-order valence-electron chi connectivity index (χ3n) is 4.09. The summed E-state index contributed by atoms with van der Waals surface area (Å²) in [6.07, 6.45) is 0.973. The molecule has 1 aromatic rings. The van der Waals surface area contributed by atoms with Crippen molar-refractivity contribution in [1.82, 2.24) is 9.80 Å². The Labute approximate surface area is 124 Å². The van der Waals surface area contributed by atoms with Gasteiger partial charge in [0.1, 0.15) is 17.7 Å². The van der Waals surface area contributed by atoms with Crippen molar-refractivity contribution in [2.75, 3.05) is 45.1 Å². The molecule has 1 fully saturated rings. The molecule has 0 amide bonds. The predicted octanol–water partition coefficient (Wildman–Crippen LogP) is 1.99. The van der Waals surface area contributed by atoms with E-state index in [9.17, 15) is 4.39 Å². The molecule has 0 N–H and O–H groups in total. The zero-order chi connectivity index (χ0) is 13.9. The van der Waals surface area contributed by atoms with Crippen molar-refractivity contribution in [3.05, 3.63) is 29.6 Å². The van der Waals surface area contributed by atoms with Gasteiger partial charge in [-0.05, 0) is 18.2 Å². The average molecular weight is 299 g/mol. The van der Waals surface area contributed by atoms with Crippen molar-refractivity contribution in [2.45, 2.75) is 12.5 Å². The first-order valence-corrected chi connectivity index (χ1v) is 7.74. The van der Waals surface area contributed by atoms with Crippen LogP contribution < -0.4 is 4.74 Å². The summed E-state index contributed by atoms with van der Waals surface area (Å²) in [7, 11) is 0. The second-order valence-corrected chi connectivity index (χ2v) is 5.91. The molecule has 0 aliphatic carbocycles. The molecule has 2 heterocycles. The van der Waals surface area contributed by atoms with Gasteiger partial charge in [-0.15, -0.1) is 11.6 Å². The summed E-state index contributed by atoms with van der Waals surface area (Å²) < 4.78 is 19.1. The smallest absolute Gasteiger partial charge is 0.123 e. The number of nitrogens with zero attached hydrogens (tertiary/aromatic N) is 2. The van der Waals surface area contributed by atoms with E-state index in [1.165, 1.54) is 6.07 Å². The Kier molecular flexibility index (Phi) is 4.44. The summed E-state index contributed by atoms with van der Waals surface area (Å²) in [6.45, 7) is 6.15. The molecule has 3 rings (SSSR count). The Hall–Kier alpha value is -0.840. The highest BCUT2D eigenvalue weighted by Crippen LogP contribution is 2.29. The lowest BCUT2D eigenvalue weighted by molar-refractivity contribution is 0.0952. The van der Waals surface area contributed by atoms with Crippen LogP contribution in [0.2, 0.25) is 0 Å². The summed E-state index contributed by atoms with van der Waals surface area (Å²) in [5, 5.41) is 0. The van der Waals surface area contributed by atoms with Gasteiger partial charge in [0.05, 0.1) is 0 Å². The van der Waals surface area contributed by atoms with Gasteiger partial charge >= 0.3 is 0 Å². The first kappa shape index (κ1) is 14.1. The van der Waals surface area contributed by atoms with Crippen LogP contribution >= 0.6 is 11.6 Å². The predicted molar refractivity (Wildman–Crippen MR) is 78.1 cm³/mol. The molecule has 0 bridgehead atoms. The van der Waals surface area contributed by atoms with Crippen LogP contribution in [0.4, 0.5) is 4.39 Å². The third-order valence-corrected chi connectivity index (χ3v) is 4.26. The average Bonchev–Trinajstić information content (AvgIpc) is 2.82. The summed E-state index contributed by atoms with van der Waals surface area (Å²) in [5.41, 5.74) is 0.996. The standard InChI is InChI=1S/C15H20ClFN2O/c16-3-4-18-5-7-19(8-6-18)11-14-10-12-9-13(17)1-2-15(12)20-14/h1-2,9,14H,3-8,10-11H2. The maximum absolute atomic E-state index is 13.2. The number of piperazine rings is 1. The highest BCUT2D eigenvalue weighted by Gasteiger charge is 2.26. The van der Waals surface area contributed by atoms with Crippen LogP contribution in [-0.2, 0) is 6.42 Å². The van der Waals surface area contributed by atoms with Crippen molar-refractivity contribution in [3.8, 4) is 5.75 Å². The van der Waals surface area contributed by atoms with Crippen molar-refractivity contribution < 1.29 is 9.13 Å². The highest BCUT2D eigenvalue weighted by molar-refractivity contribution is 6.18. The number of fused-ring (bicyclic) bond motifs is 1. The van der Waals surface area contributed by atoms with Crippen LogP contribution in [0.25, 0.3) is 0 Å². The molecule has 3 nitrogen and oxygen atoms in total. The second-order valence-electron chi connectivity index (χ2n) is 5.53. The largest absolute Gasteiger partial charge is 0.488 e. The van der Waals surface area contributed by atoms with Crippen molar-refractivity contribution in [2.24, 2.45) is 0 Å². The second kappa shape index (κ2) is 6.29. The van der Waals surface area contributed by atoms with Gasteiger partial charge in [-0.3, -0.25) is 9.80 Å². The highest BCUT2D eigenvalue weighted by atomic mass is 35.5. The van der Waals surface area contributed by atoms with Crippen molar-refractivity contribution in [1.29, 1.82) is 0 Å². The quantitative estimate of drug-likeness (QED) is 0.791. The van der Waals surface area contributed by atoms with E-state index in [0.717, 1.165) is 57.0 Å². The van der Waals surface area contributed by atoms with Crippen molar-refractivity contribution >= 4 is 11.6 Å². The molecule has 1 aromatic carbocycles. The number of hydrogen-bond donors (Lipinski definition) is 0. The van der Waals surface area contributed by atoms with Gasteiger partial charge in [-0.25, -0.2) is 4.39 Å². The van der Waals surface area contributed by atoms with Crippen molar-refractivity contribution in [3.63, 3.8) is 0 Å². The van der Waals surface area contributed by atoms with E-state index < -0.39 is 0 Å². The van der Waals surface area contributed by atoms with Gasteiger partial charge < -0.3 is 4.74 Å². The molecule has 0 spiro atoms. The normalized spacial score (nSPS) is 23.6. The maximum atomic E-state index is 13.2. The molecule has 110 valence electrons. The van der Waals surface area contributed by atoms with Gasteiger partial charge in [0.2, 0.25) is 0 Å². The van der Waals surface area contributed by atoms with Gasteiger partial charge in [0, 0.05) is 57.1 Å². The first-order chi connectivity index (χ1) is 9.74. The fraction of sp³-hybridized carbons (Fsp3) is 0.600. The fourth-order valence-electron chi connectivity index (χ4n) is 2.99. The minimum atomic E-state index is -0.178. The van der Waals surface area contributed by atoms with Crippen LogP contribution in [0.5, 0.6) is 5.75 Å². The zero-order valence-electron chi connectivity index (χ0n) is 11.5. The van der Waals surface area contributed by atoms with E-state index in [4.69, 9.17) is 16.3 Å². The zero-order valence-corrected chi connectivity index (χ0v) is 12.3. The minimum absolute atomic E-state index is 0.159. The van der Waals surface area contributed by atoms with E-state index >= 15 is 0 Å². The lowest BCUT2D eigenvalue weighted by Crippen LogP contribution is -2.49. The minimum Gasteiger partial charge on any atom is -0.488 e. The summed E-state index contributed by atoms with van der Waals surface area (Å²) in [6, 6.07) is 4.79. The SMILES string of the molecule is Fc1ccc2c(c1)CC(CN1CCN(CCCl)CC1)O2. The number of benzene rings is 1. The summed E-state index contributed by atoms with van der Waals surface area (Å²) >= 11 is 5.77. The van der Waals surface area contributed by atoms with Crippen LogP contribution in [0.3, 0.4) is 0 Å². The van der Waals surface area contributed by atoms with E-state index in [1.54, 1.807) is 12.1 Å². The summed E-state index contributed by atoms with van der Waals surface area (Å²) in [5.74, 6) is 1.37. The van der Waals surface area contributed by atoms with Gasteiger partial charge in [-0.1, -0.05) is 0 Å². The van der Waals surface area contributed by atoms with E-state index in [0.29, 0.717) is 5.88 Å². The van der Waals surface area contributed by atoms with Gasteiger partial charge in [0.15, 0.2) is 0 Å². The molecule has 0 radical (unpaired) electrons. The molecule has 2 aliphatic rings. The maximum Gasteiger partial charge on any atom is 0.123 e. The molecule has 2 aliphatic heterocycles. The molecule has 0 saturated carbocycles. The molecule has 5 heteroatoms. The topological polar surface area (TPSA) is 15.7 Å². The summed E-state index contributed by atoms with van der Waals surface area (Å²) in [4.78, 5) is 4.82. The molecular weight excluding hydrogens is 279 g/mol. The Morgan fingerprint density at radius 2 is 1.95 bits per heavy atom. The van der Waals surface area contributed by atoms with E-state index in [2.05, 4.69) is 9.80 Å².